The Bertz CT molecular complexity index is 399. The summed E-state index contributed by atoms with van der Waals surface area (Å²) in [6.45, 7) is 0. The molecule has 1 aromatic carbocycles. The van der Waals surface area contributed by atoms with Crippen molar-refractivity contribution in [1.82, 2.24) is 5.43 Å². The van der Waals surface area contributed by atoms with Crippen LogP contribution in [0.1, 0.15) is 10.4 Å². The van der Waals surface area contributed by atoms with Gasteiger partial charge < -0.3 is 0 Å². The zero-order chi connectivity index (χ0) is 11.3. The summed E-state index contributed by atoms with van der Waals surface area (Å²) in [5.41, 5.74) is 7.48. The van der Waals surface area contributed by atoms with Crippen molar-refractivity contribution < 1.29 is 9.59 Å². The van der Waals surface area contributed by atoms with Crippen LogP contribution < -0.4 is 11.2 Å². The molecule has 0 heterocycles. The Kier molecular flexibility index (Phi) is 4.03. The van der Waals surface area contributed by atoms with Crippen LogP contribution >= 0.6 is 0 Å². The van der Waals surface area contributed by atoms with E-state index in [0.29, 0.717) is 5.56 Å². The Morgan fingerprint density at radius 3 is 2.40 bits per heavy atom. The standard InChI is InChI=1S/C9H8N3O2Se/c10-9(15)12-11-8(14)7(13)6-4-2-1-3-5-6/h1-5H,(H2,10,12)(H,11,14). The molecular weight excluding hydrogens is 261 g/mol. The second-order valence-corrected chi connectivity index (χ2v) is 3.46. The number of hydrogen-bond acceptors (Lipinski definition) is 3. The van der Waals surface area contributed by atoms with Crippen LogP contribution in [-0.4, -0.2) is 32.4 Å². The first-order valence-corrected chi connectivity index (χ1v) is 4.87. The number of carbonyl (C=O) groups is 2. The van der Waals surface area contributed by atoms with Crippen LogP contribution in [0.25, 0.3) is 0 Å². The molecule has 0 saturated carbocycles. The van der Waals surface area contributed by atoms with E-state index in [1.165, 1.54) is 0 Å². The van der Waals surface area contributed by atoms with Gasteiger partial charge in [-0.05, 0) is 0 Å². The molecule has 0 fully saturated rings. The minimum absolute atomic E-state index is 0.0595. The Hall–Kier alpha value is -1.65. The van der Waals surface area contributed by atoms with Gasteiger partial charge in [-0.3, -0.25) is 0 Å². The molecule has 5 nitrogen and oxygen atoms in total. The van der Waals surface area contributed by atoms with Gasteiger partial charge in [0, 0.05) is 0 Å². The molecule has 0 aliphatic carbocycles. The van der Waals surface area contributed by atoms with E-state index in [2.05, 4.69) is 21.1 Å². The van der Waals surface area contributed by atoms with E-state index in [-0.39, 0.29) is 4.73 Å². The maximum atomic E-state index is 11.4. The SMILES string of the molecule is N/C([Se])=N/NC(=O)C(=O)c1ccccc1. The molecule has 77 valence electrons. The number of hydrazone groups is 1. The van der Waals surface area contributed by atoms with Crippen LogP contribution in [0.15, 0.2) is 35.4 Å². The fourth-order valence-electron chi connectivity index (χ4n) is 0.877. The summed E-state index contributed by atoms with van der Waals surface area (Å²) < 4.78 is 0.0595. The Balaban J connectivity index is 2.70. The molecule has 0 spiro atoms. The number of Topliss-reactive ketones (excluding diaryl/α,β-unsaturated/α-hetero) is 1. The van der Waals surface area contributed by atoms with E-state index in [4.69, 9.17) is 5.73 Å². The van der Waals surface area contributed by atoms with Gasteiger partial charge in [0.2, 0.25) is 0 Å². The summed E-state index contributed by atoms with van der Waals surface area (Å²) in [6.07, 6.45) is 0. The molecule has 15 heavy (non-hydrogen) atoms. The first kappa shape index (κ1) is 11.4. The number of amides is 1. The van der Waals surface area contributed by atoms with Crippen molar-refractivity contribution in [1.29, 1.82) is 0 Å². The quantitative estimate of drug-likeness (QED) is 0.192. The van der Waals surface area contributed by atoms with E-state index in [1.54, 1.807) is 30.3 Å². The van der Waals surface area contributed by atoms with Crippen LogP contribution in [0.4, 0.5) is 0 Å². The second-order valence-electron chi connectivity index (χ2n) is 2.59. The number of benzene rings is 1. The number of rotatable bonds is 3. The first-order valence-electron chi connectivity index (χ1n) is 4.01. The van der Waals surface area contributed by atoms with Crippen molar-refractivity contribution in [3.8, 4) is 0 Å². The van der Waals surface area contributed by atoms with Gasteiger partial charge in [0.15, 0.2) is 0 Å². The average Bonchev–Trinajstić information content (AvgIpc) is 2.26. The third kappa shape index (κ3) is 3.53. The van der Waals surface area contributed by atoms with Crippen LogP contribution in [0.3, 0.4) is 0 Å². The normalized spacial score (nSPS) is 10.8. The molecular formula is C9H8N3O2Se. The van der Waals surface area contributed by atoms with Crippen LogP contribution in [0.2, 0.25) is 0 Å². The Labute approximate surface area is 94.5 Å². The summed E-state index contributed by atoms with van der Waals surface area (Å²) >= 11 is 2.38. The number of carbonyl (C=O) groups excluding carboxylic acids is 2. The third-order valence-corrected chi connectivity index (χ3v) is 1.70. The van der Waals surface area contributed by atoms with Crippen molar-refractivity contribution in [2.45, 2.75) is 0 Å². The van der Waals surface area contributed by atoms with Crippen molar-refractivity contribution >= 4 is 32.4 Å². The number of ketones is 1. The van der Waals surface area contributed by atoms with Gasteiger partial charge in [-0.1, -0.05) is 0 Å². The number of nitrogens with two attached hydrogens (primary N) is 1. The molecule has 0 aliphatic rings. The number of nitrogens with one attached hydrogen (secondary N) is 1. The van der Waals surface area contributed by atoms with Crippen molar-refractivity contribution in [3.63, 3.8) is 0 Å². The van der Waals surface area contributed by atoms with E-state index in [0.717, 1.165) is 0 Å². The molecule has 1 rings (SSSR count). The maximum absolute atomic E-state index is 11.4. The summed E-state index contributed by atoms with van der Waals surface area (Å²) in [6, 6.07) is 8.20. The minimum atomic E-state index is -0.820. The molecule has 0 aliphatic heterocycles. The molecule has 3 N–H and O–H groups in total. The van der Waals surface area contributed by atoms with E-state index in [1.807, 2.05) is 5.43 Å². The molecule has 0 unspecified atom stereocenters. The van der Waals surface area contributed by atoms with Gasteiger partial charge in [-0.2, -0.15) is 0 Å². The summed E-state index contributed by atoms with van der Waals surface area (Å²) in [4.78, 5) is 22.6. The van der Waals surface area contributed by atoms with E-state index < -0.39 is 11.7 Å². The number of hydrogen-bond donors (Lipinski definition) is 2. The van der Waals surface area contributed by atoms with Crippen molar-refractivity contribution in [3.05, 3.63) is 35.9 Å². The van der Waals surface area contributed by atoms with Crippen molar-refractivity contribution in [2.75, 3.05) is 0 Å². The van der Waals surface area contributed by atoms with E-state index in [9.17, 15) is 9.59 Å². The predicted octanol–water partition coefficient (Wildman–Crippen LogP) is -0.616. The molecule has 1 radical (unpaired) electrons. The zero-order valence-corrected chi connectivity index (χ0v) is 9.35. The molecule has 6 heteroatoms. The van der Waals surface area contributed by atoms with Gasteiger partial charge in [-0.15, -0.1) is 0 Å². The molecule has 0 saturated heterocycles. The van der Waals surface area contributed by atoms with Gasteiger partial charge >= 0.3 is 94.2 Å². The van der Waals surface area contributed by atoms with Gasteiger partial charge in [0.25, 0.3) is 0 Å². The molecule has 0 atom stereocenters. The summed E-state index contributed by atoms with van der Waals surface area (Å²) in [5, 5.41) is 3.39. The predicted molar refractivity (Wildman–Crippen MR) is 56.3 cm³/mol. The van der Waals surface area contributed by atoms with Crippen LogP contribution in [0, 0.1) is 0 Å². The molecule has 0 aromatic heterocycles. The van der Waals surface area contributed by atoms with Crippen LogP contribution in [-0.2, 0) is 4.79 Å². The summed E-state index contributed by atoms with van der Waals surface area (Å²) in [7, 11) is 0. The van der Waals surface area contributed by atoms with Gasteiger partial charge in [-0.25, -0.2) is 0 Å². The number of nitrogens with zero attached hydrogens (tertiary/aromatic N) is 1. The fourth-order valence-corrected chi connectivity index (χ4v) is 0.973. The van der Waals surface area contributed by atoms with Gasteiger partial charge in [0.1, 0.15) is 0 Å². The zero-order valence-electron chi connectivity index (χ0n) is 7.64. The molecule has 1 amide bonds. The molecule has 0 bridgehead atoms. The second kappa shape index (κ2) is 5.28. The molecule has 1 aromatic rings. The third-order valence-electron chi connectivity index (χ3n) is 1.51. The fraction of sp³-hybridized carbons (Fsp3) is 0. The topological polar surface area (TPSA) is 84.5 Å². The summed E-state index contributed by atoms with van der Waals surface area (Å²) in [5.74, 6) is -1.47. The van der Waals surface area contributed by atoms with Crippen LogP contribution in [0.5, 0.6) is 0 Å². The van der Waals surface area contributed by atoms with E-state index >= 15 is 0 Å². The monoisotopic (exact) mass is 270 g/mol. The number of amidine groups is 1. The Morgan fingerprint density at radius 1 is 1.27 bits per heavy atom. The first-order chi connectivity index (χ1) is 7.11. The average molecular weight is 269 g/mol. The van der Waals surface area contributed by atoms with Gasteiger partial charge in [0.05, 0.1) is 0 Å². The van der Waals surface area contributed by atoms with Crippen molar-refractivity contribution in [2.24, 2.45) is 10.8 Å². The Morgan fingerprint density at radius 2 is 1.87 bits per heavy atom.